The summed E-state index contributed by atoms with van der Waals surface area (Å²) in [4.78, 5) is 13.0. The summed E-state index contributed by atoms with van der Waals surface area (Å²) in [7, 11) is 0. The van der Waals surface area contributed by atoms with Gasteiger partial charge in [-0.25, -0.2) is 0 Å². The van der Waals surface area contributed by atoms with Crippen molar-refractivity contribution >= 4 is 40.0 Å². The molecule has 0 bridgehead atoms. The van der Waals surface area contributed by atoms with Crippen LogP contribution in [0.1, 0.15) is 12.5 Å². The molecule has 0 saturated carbocycles. The fourth-order valence-electron chi connectivity index (χ4n) is 2.83. The number of nitrogens with zero attached hydrogens (tertiary/aromatic N) is 4. The maximum Gasteiger partial charge on any atom is 0.328 e. The quantitative estimate of drug-likeness (QED) is 0.427. The minimum Gasteiger partial charge on any atom is -0.424 e. The number of ether oxygens (including phenoxy) is 1. The molecular formula is C22H17ClN6O. The van der Waals surface area contributed by atoms with Crippen molar-refractivity contribution in [1.82, 2.24) is 15.0 Å². The fourth-order valence-corrected chi connectivity index (χ4v) is 3.07. The van der Waals surface area contributed by atoms with Gasteiger partial charge in [-0.3, -0.25) is 0 Å². The Hall–Kier alpha value is -3.89. The number of fused-ring (bicyclic) bond motifs is 1. The van der Waals surface area contributed by atoms with Gasteiger partial charge >= 0.3 is 6.01 Å². The van der Waals surface area contributed by atoms with Gasteiger partial charge in [-0.1, -0.05) is 29.8 Å². The predicted molar refractivity (Wildman–Crippen MR) is 117 cm³/mol. The molecule has 0 amide bonds. The second kappa shape index (κ2) is 8.64. The zero-order chi connectivity index (χ0) is 20.9. The Balaban J connectivity index is 1.63. The van der Waals surface area contributed by atoms with Gasteiger partial charge in [0.2, 0.25) is 11.9 Å². The molecule has 2 N–H and O–H groups in total. The van der Waals surface area contributed by atoms with Crippen LogP contribution >= 0.6 is 11.6 Å². The number of nitriles is 1. The van der Waals surface area contributed by atoms with Gasteiger partial charge in [0.15, 0.2) is 0 Å². The van der Waals surface area contributed by atoms with Crippen molar-refractivity contribution in [3.05, 3.63) is 71.2 Å². The van der Waals surface area contributed by atoms with E-state index in [1.165, 1.54) is 0 Å². The first-order valence-electron chi connectivity index (χ1n) is 9.28. The van der Waals surface area contributed by atoms with Crippen molar-refractivity contribution in [2.45, 2.75) is 6.92 Å². The number of benzene rings is 3. The van der Waals surface area contributed by atoms with E-state index in [0.29, 0.717) is 34.8 Å². The molecule has 0 saturated heterocycles. The highest BCUT2D eigenvalue weighted by Crippen LogP contribution is 2.29. The van der Waals surface area contributed by atoms with Gasteiger partial charge in [-0.15, -0.1) is 0 Å². The number of halogens is 1. The molecule has 1 heterocycles. The molecule has 1 aromatic heterocycles. The normalized spacial score (nSPS) is 10.4. The molecule has 0 fully saturated rings. The van der Waals surface area contributed by atoms with E-state index in [9.17, 15) is 0 Å². The highest BCUT2D eigenvalue weighted by molar-refractivity contribution is 6.35. The van der Waals surface area contributed by atoms with Crippen molar-refractivity contribution in [2.24, 2.45) is 0 Å². The summed E-state index contributed by atoms with van der Waals surface area (Å²) in [5.74, 6) is 1.27. The smallest absolute Gasteiger partial charge is 0.328 e. The molecule has 7 nitrogen and oxygen atoms in total. The van der Waals surface area contributed by atoms with Crippen LogP contribution < -0.4 is 15.4 Å². The van der Waals surface area contributed by atoms with Crippen molar-refractivity contribution in [3.63, 3.8) is 0 Å². The molecule has 4 aromatic rings. The van der Waals surface area contributed by atoms with E-state index in [0.717, 1.165) is 16.5 Å². The van der Waals surface area contributed by atoms with E-state index in [2.05, 4.69) is 31.7 Å². The predicted octanol–water partition coefficient (Wildman–Crippen LogP) is 5.52. The van der Waals surface area contributed by atoms with Crippen LogP contribution in [-0.4, -0.2) is 21.5 Å². The number of rotatable bonds is 6. The Labute approximate surface area is 178 Å². The maximum absolute atomic E-state index is 8.94. The molecule has 0 unspecified atom stereocenters. The van der Waals surface area contributed by atoms with Gasteiger partial charge < -0.3 is 15.4 Å². The van der Waals surface area contributed by atoms with E-state index in [1.807, 2.05) is 43.3 Å². The van der Waals surface area contributed by atoms with Crippen LogP contribution in [0.3, 0.4) is 0 Å². The van der Waals surface area contributed by atoms with E-state index in [-0.39, 0.29) is 6.01 Å². The molecule has 30 heavy (non-hydrogen) atoms. The molecular weight excluding hydrogens is 400 g/mol. The molecule has 148 valence electrons. The monoisotopic (exact) mass is 416 g/mol. The molecule has 0 aliphatic heterocycles. The zero-order valence-corrected chi connectivity index (χ0v) is 16.8. The Bertz CT molecular complexity index is 1240. The summed E-state index contributed by atoms with van der Waals surface area (Å²) < 4.78 is 5.90. The highest BCUT2D eigenvalue weighted by atomic mass is 35.5. The number of nitrogens with one attached hydrogen (secondary N) is 2. The third kappa shape index (κ3) is 4.40. The van der Waals surface area contributed by atoms with Crippen LogP contribution in [0.5, 0.6) is 11.8 Å². The summed E-state index contributed by atoms with van der Waals surface area (Å²) >= 11 is 6.30. The lowest BCUT2D eigenvalue weighted by Gasteiger charge is -2.11. The third-order valence-electron chi connectivity index (χ3n) is 4.23. The topological polar surface area (TPSA) is 95.8 Å². The third-order valence-corrected chi connectivity index (χ3v) is 4.56. The number of hydrogen-bond donors (Lipinski definition) is 2. The van der Waals surface area contributed by atoms with E-state index in [4.69, 9.17) is 21.6 Å². The van der Waals surface area contributed by atoms with Gasteiger partial charge in [-0.2, -0.15) is 20.2 Å². The minimum absolute atomic E-state index is 0.142. The summed E-state index contributed by atoms with van der Waals surface area (Å²) in [5, 5.41) is 17.7. The van der Waals surface area contributed by atoms with Crippen LogP contribution in [0.2, 0.25) is 5.02 Å². The first-order chi connectivity index (χ1) is 14.6. The summed E-state index contributed by atoms with van der Waals surface area (Å²) in [6, 6.07) is 20.5. The van der Waals surface area contributed by atoms with Crippen molar-refractivity contribution in [2.75, 3.05) is 17.2 Å². The second-order valence-electron chi connectivity index (χ2n) is 6.33. The molecule has 4 rings (SSSR count). The van der Waals surface area contributed by atoms with Crippen LogP contribution in [0.15, 0.2) is 60.7 Å². The van der Waals surface area contributed by atoms with Crippen LogP contribution in [0.25, 0.3) is 10.8 Å². The molecule has 0 aliphatic carbocycles. The minimum atomic E-state index is 0.142. The van der Waals surface area contributed by atoms with Gasteiger partial charge in [0.25, 0.3) is 0 Å². The van der Waals surface area contributed by atoms with Crippen LogP contribution in [0, 0.1) is 11.3 Å². The van der Waals surface area contributed by atoms with E-state index >= 15 is 0 Å². The lowest BCUT2D eigenvalue weighted by Crippen LogP contribution is -2.07. The average molecular weight is 417 g/mol. The van der Waals surface area contributed by atoms with Crippen LogP contribution in [0.4, 0.5) is 17.6 Å². The van der Waals surface area contributed by atoms with Crippen molar-refractivity contribution < 1.29 is 4.74 Å². The fraction of sp³-hybridized carbons (Fsp3) is 0.0909. The van der Waals surface area contributed by atoms with Gasteiger partial charge in [0.05, 0.1) is 11.6 Å². The molecule has 0 radical (unpaired) electrons. The lowest BCUT2D eigenvalue weighted by atomic mass is 10.1. The Morgan fingerprint density at radius 3 is 2.57 bits per heavy atom. The number of anilines is 3. The average Bonchev–Trinajstić information content (AvgIpc) is 2.75. The van der Waals surface area contributed by atoms with E-state index in [1.54, 1.807) is 24.3 Å². The molecule has 0 aliphatic rings. The lowest BCUT2D eigenvalue weighted by molar-refractivity contribution is 0.442. The highest BCUT2D eigenvalue weighted by Gasteiger charge is 2.10. The Morgan fingerprint density at radius 2 is 1.80 bits per heavy atom. The largest absolute Gasteiger partial charge is 0.424 e. The maximum atomic E-state index is 8.94. The summed E-state index contributed by atoms with van der Waals surface area (Å²) in [5.41, 5.74) is 1.31. The van der Waals surface area contributed by atoms with Gasteiger partial charge in [0, 0.05) is 22.6 Å². The molecule has 0 spiro atoms. The second-order valence-corrected chi connectivity index (χ2v) is 6.74. The molecule has 8 heteroatoms. The standard InChI is InChI=1S/C22H17ClN6O/c1-2-25-20-27-21(26-16-9-6-14(13-24)7-10-16)29-22(28-20)30-17-11-8-15-4-3-5-19(23)18(15)12-17/h3-12H,2H2,1H3,(H2,25,26,27,28,29). The van der Waals surface area contributed by atoms with Crippen molar-refractivity contribution in [1.29, 1.82) is 5.26 Å². The number of hydrogen-bond acceptors (Lipinski definition) is 7. The Morgan fingerprint density at radius 1 is 1.00 bits per heavy atom. The van der Waals surface area contributed by atoms with Gasteiger partial charge in [-0.05, 0) is 54.8 Å². The van der Waals surface area contributed by atoms with Gasteiger partial charge in [0.1, 0.15) is 5.75 Å². The number of aromatic nitrogens is 3. The SMILES string of the molecule is CCNc1nc(Nc2ccc(C#N)cc2)nc(Oc2ccc3cccc(Cl)c3c2)n1. The summed E-state index contributed by atoms with van der Waals surface area (Å²) in [6.45, 7) is 2.59. The molecule has 0 atom stereocenters. The zero-order valence-electron chi connectivity index (χ0n) is 16.1. The Kier molecular flexibility index (Phi) is 5.59. The molecule has 3 aromatic carbocycles. The first-order valence-corrected chi connectivity index (χ1v) is 9.65. The van der Waals surface area contributed by atoms with E-state index < -0.39 is 0 Å². The summed E-state index contributed by atoms with van der Waals surface area (Å²) in [6.07, 6.45) is 0. The van der Waals surface area contributed by atoms with Crippen LogP contribution in [-0.2, 0) is 0 Å². The first kappa shape index (κ1) is 19.4. The van der Waals surface area contributed by atoms with Crippen molar-refractivity contribution in [3.8, 4) is 17.8 Å².